The molecule has 0 aromatic heterocycles. The summed E-state index contributed by atoms with van der Waals surface area (Å²) in [4.78, 5) is 0. The third-order valence-corrected chi connectivity index (χ3v) is 1.54. The third kappa shape index (κ3) is 9.88. The average molecular weight is 174 g/mol. The van der Waals surface area contributed by atoms with Crippen LogP contribution in [0.3, 0.4) is 0 Å². The lowest BCUT2D eigenvalue weighted by molar-refractivity contribution is 0.132. The molecule has 0 aromatic carbocycles. The summed E-state index contributed by atoms with van der Waals surface area (Å²) in [7, 11) is 1.96. The number of hydrogen-bond acceptors (Lipinski definition) is 3. The molecule has 0 amide bonds. The summed E-state index contributed by atoms with van der Waals surface area (Å²) >= 11 is 0. The van der Waals surface area contributed by atoms with E-state index in [-0.39, 0.29) is 0 Å². The van der Waals surface area contributed by atoms with Crippen molar-refractivity contribution < 1.29 is 4.74 Å². The van der Waals surface area contributed by atoms with Gasteiger partial charge in [-0.3, -0.25) is 0 Å². The highest BCUT2D eigenvalue weighted by atomic mass is 16.5. The van der Waals surface area contributed by atoms with Gasteiger partial charge in [0.15, 0.2) is 0 Å². The van der Waals surface area contributed by atoms with Crippen LogP contribution in [0.4, 0.5) is 0 Å². The highest BCUT2D eigenvalue weighted by Crippen LogP contribution is 1.83. The molecule has 3 nitrogen and oxygen atoms in total. The Bertz CT molecular complexity index is 68.9. The fourth-order valence-electron chi connectivity index (χ4n) is 0.884. The number of ether oxygens (including phenoxy) is 1. The predicted molar refractivity (Wildman–Crippen MR) is 52.5 cm³/mol. The first-order valence-electron chi connectivity index (χ1n) is 4.85. The topological polar surface area (TPSA) is 33.3 Å². The Morgan fingerprint density at radius 2 is 1.92 bits per heavy atom. The first-order valence-corrected chi connectivity index (χ1v) is 4.85. The molecule has 0 aliphatic heterocycles. The van der Waals surface area contributed by atoms with Gasteiger partial charge in [-0.05, 0) is 26.4 Å². The molecule has 3 heteroatoms. The van der Waals surface area contributed by atoms with E-state index in [9.17, 15) is 0 Å². The molecule has 0 bridgehead atoms. The third-order valence-electron chi connectivity index (χ3n) is 1.54. The highest BCUT2D eigenvalue weighted by Gasteiger charge is 1.87. The molecule has 0 aromatic rings. The van der Waals surface area contributed by atoms with Gasteiger partial charge in [-0.25, -0.2) is 0 Å². The minimum Gasteiger partial charge on any atom is -0.381 e. The Kier molecular flexibility index (Phi) is 10.8. The highest BCUT2D eigenvalue weighted by molar-refractivity contribution is 4.48. The zero-order chi connectivity index (χ0) is 9.07. The minimum atomic E-state index is 0.889. The van der Waals surface area contributed by atoms with Crippen molar-refractivity contribution in [1.29, 1.82) is 0 Å². The molecule has 0 saturated heterocycles. The Labute approximate surface area is 75.9 Å². The van der Waals surface area contributed by atoms with E-state index < -0.39 is 0 Å². The van der Waals surface area contributed by atoms with Crippen LogP contribution < -0.4 is 10.6 Å². The van der Waals surface area contributed by atoms with E-state index in [1.165, 1.54) is 0 Å². The zero-order valence-electron chi connectivity index (χ0n) is 8.36. The van der Waals surface area contributed by atoms with Crippen molar-refractivity contribution in [3.8, 4) is 0 Å². The van der Waals surface area contributed by atoms with E-state index in [2.05, 4.69) is 17.6 Å². The molecule has 0 radical (unpaired) electrons. The molecule has 0 rings (SSSR count). The van der Waals surface area contributed by atoms with Gasteiger partial charge < -0.3 is 15.4 Å². The summed E-state index contributed by atoms with van der Waals surface area (Å²) in [5, 5.41) is 6.41. The Hall–Kier alpha value is -0.120. The average Bonchev–Trinajstić information content (AvgIpc) is 2.10. The molecule has 0 spiro atoms. The van der Waals surface area contributed by atoms with Crippen LogP contribution in [0.5, 0.6) is 0 Å². The van der Waals surface area contributed by atoms with Gasteiger partial charge in [-0.1, -0.05) is 6.92 Å². The molecule has 2 N–H and O–H groups in total. The number of rotatable bonds is 9. The molecular formula is C9H22N2O. The standard InChI is InChI=1S/C9H22N2O/c1-3-8-12-9-4-5-11-7-6-10-2/h10-11H,3-9H2,1-2H3. The van der Waals surface area contributed by atoms with Gasteiger partial charge in [0.25, 0.3) is 0 Å². The van der Waals surface area contributed by atoms with Gasteiger partial charge in [-0.15, -0.1) is 0 Å². The minimum absolute atomic E-state index is 0.889. The van der Waals surface area contributed by atoms with Crippen molar-refractivity contribution in [2.75, 3.05) is 39.9 Å². The fraction of sp³-hybridized carbons (Fsp3) is 1.00. The molecule has 12 heavy (non-hydrogen) atoms. The molecule has 0 atom stereocenters. The summed E-state index contributed by atoms with van der Waals surface area (Å²) in [5.41, 5.74) is 0. The Morgan fingerprint density at radius 1 is 1.08 bits per heavy atom. The SMILES string of the molecule is CCCOCCCNCCNC. The summed E-state index contributed by atoms with van der Waals surface area (Å²) in [6.45, 7) is 7.06. The second-order valence-corrected chi connectivity index (χ2v) is 2.82. The summed E-state index contributed by atoms with van der Waals surface area (Å²) in [5.74, 6) is 0. The number of hydrogen-bond donors (Lipinski definition) is 2. The maximum atomic E-state index is 5.33. The second kappa shape index (κ2) is 10.9. The van der Waals surface area contributed by atoms with Crippen molar-refractivity contribution in [2.45, 2.75) is 19.8 Å². The van der Waals surface area contributed by atoms with Crippen LogP contribution in [0.1, 0.15) is 19.8 Å². The van der Waals surface area contributed by atoms with Crippen molar-refractivity contribution >= 4 is 0 Å². The summed E-state index contributed by atoms with van der Waals surface area (Å²) < 4.78 is 5.33. The second-order valence-electron chi connectivity index (χ2n) is 2.82. The van der Waals surface area contributed by atoms with Gasteiger partial charge in [-0.2, -0.15) is 0 Å². The molecule has 0 aliphatic rings. The molecular weight excluding hydrogens is 152 g/mol. The van der Waals surface area contributed by atoms with Crippen LogP contribution >= 0.6 is 0 Å². The van der Waals surface area contributed by atoms with Crippen LogP contribution in [0.2, 0.25) is 0 Å². The van der Waals surface area contributed by atoms with Gasteiger partial charge in [0.1, 0.15) is 0 Å². The normalized spacial score (nSPS) is 10.5. The molecule has 0 saturated carbocycles. The first kappa shape index (κ1) is 11.9. The van der Waals surface area contributed by atoms with Crippen molar-refractivity contribution in [3.63, 3.8) is 0 Å². The van der Waals surface area contributed by atoms with Crippen LogP contribution in [0.25, 0.3) is 0 Å². The quantitative estimate of drug-likeness (QED) is 0.503. The molecule has 0 aliphatic carbocycles. The lowest BCUT2D eigenvalue weighted by Crippen LogP contribution is -2.26. The van der Waals surface area contributed by atoms with Crippen molar-refractivity contribution in [1.82, 2.24) is 10.6 Å². The number of nitrogens with one attached hydrogen (secondary N) is 2. The van der Waals surface area contributed by atoms with Gasteiger partial charge in [0, 0.05) is 26.3 Å². The monoisotopic (exact) mass is 174 g/mol. The molecule has 0 fully saturated rings. The van der Waals surface area contributed by atoms with Crippen molar-refractivity contribution in [2.24, 2.45) is 0 Å². The van der Waals surface area contributed by atoms with E-state index in [4.69, 9.17) is 4.74 Å². The van der Waals surface area contributed by atoms with Crippen LogP contribution in [-0.4, -0.2) is 39.9 Å². The maximum Gasteiger partial charge on any atom is 0.0478 e. The van der Waals surface area contributed by atoms with Crippen LogP contribution in [-0.2, 0) is 4.74 Å². The van der Waals surface area contributed by atoms with Gasteiger partial charge >= 0.3 is 0 Å². The van der Waals surface area contributed by atoms with E-state index >= 15 is 0 Å². The molecule has 0 heterocycles. The molecule has 74 valence electrons. The van der Waals surface area contributed by atoms with Crippen LogP contribution in [0.15, 0.2) is 0 Å². The van der Waals surface area contributed by atoms with Gasteiger partial charge in [0.2, 0.25) is 0 Å². The Balaban J connectivity index is 2.73. The summed E-state index contributed by atoms with van der Waals surface area (Å²) in [6.07, 6.45) is 2.23. The predicted octanol–water partition coefficient (Wildman–Crippen LogP) is 0.612. The van der Waals surface area contributed by atoms with Crippen molar-refractivity contribution in [3.05, 3.63) is 0 Å². The maximum absolute atomic E-state index is 5.33. The largest absolute Gasteiger partial charge is 0.381 e. The van der Waals surface area contributed by atoms with E-state index in [0.717, 1.165) is 45.7 Å². The van der Waals surface area contributed by atoms with Crippen LogP contribution in [0, 0.1) is 0 Å². The first-order chi connectivity index (χ1) is 5.91. The summed E-state index contributed by atoms with van der Waals surface area (Å²) in [6, 6.07) is 0. The smallest absolute Gasteiger partial charge is 0.0478 e. The molecule has 0 unspecified atom stereocenters. The lowest BCUT2D eigenvalue weighted by Gasteiger charge is -2.04. The van der Waals surface area contributed by atoms with Gasteiger partial charge in [0.05, 0.1) is 0 Å². The fourth-order valence-corrected chi connectivity index (χ4v) is 0.884. The lowest BCUT2D eigenvalue weighted by atomic mass is 10.4. The van der Waals surface area contributed by atoms with E-state index in [1.54, 1.807) is 0 Å². The number of likely N-dealkylation sites (N-methyl/N-ethyl adjacent to an activating group) is 1. The zero-order valence-corrected chi connectivity index (χ0v) is 8.36. The Morgan fingerprint density at radius 3 is 2.58 bits per heavy atom. The van der Waals surface area contributed by atoms with E-state index in [1.807, 2.05) is 7.05 Å². The van der Waals surface area contributed by atoms with E-state index in [0.29, 0.717) is 0 Å².